The number of carbonyl (C=O) groups is 2. The van der Waals surface area contributed by atoms with E-state index in [4.69, 9.17) is 5.11 Å². The van der Waals surface area contributed by atoms with Gasteiger partial charge in [0.2, 0.25) is 5.91 Å². The Morgan fingerprint density at radius 3 is 2.65 bits per heavy atom. The lowest BCUT2D eigenvalue weighted by Crippen LogP contribution is -2.41. The molecule has 0 aromatic carbocycles. The van der Waals surface area contributed by atoms with E-state index in [0.717, 1.165) is 4.90 Å². The number of aliphatic carboxylic acids is 1. The largest absolute Gasteiger partial charge is 0.480 e. The fourth-order valence-electron chi connectivity index (χ4n) is 2.03. The number of amides is 1. The molecule has 0 radical (unpaired) electrons. The van der Waals surface area contributed by atoms with Crippen molar-refractivity contribution >= 4 is 22.1 Å². The number of nitrogens with zero attached hydrogens (tertiary/aromatic N) is 1. The van der Waals surface area contributed by atoms with Crippen LogP contribution in [0.5, 0.6) is 0 Å². The maximum absolute atomic E-state index is 12.5. The lowest BCUT2D eigenvalue weighted by atomic mass is 10.1. The smallest absolute Gasteiger partial charge is 0.326 e. The van der Waals surface area contributed by atoms with Crippen molar-refractivity contribution in [3.8, 4) is 0 Å². The summed E-state index contributed by atoms with van der Waals surface area (Å²) in [6, 6.07) is -0.963. The Morgan fingerprint density at radius 2 is 2.24 bits per heavy atom. The van der Waals surface area contributed by atoms with E-state index in [0.29, 0.717) is 0 Å². The van der Waals surface area contributed by atoms with Gasteiger partial charge in [0.05, 0.1) is 5.75 Å². The Balaban J connectivity index is 2.73. The minimum absolute atomic E-state index is 0.0210. The number of carboxylic acid groups (broad SMARTS) is 1. The number of carbonyl (C=O) groups excluding carboxylic acids is 1. The molecule has 17 heavy (non-hydrogen) atoms. The SMILES string of the molecule is CC[C@@H](C(=O)O)N1CC(CS(=O)(=O)F)CC1=O. The van der Waals surface area contributed by atoms with Gasteiger partial charge in [-0.1, -0.05) is 6.92 Å². The molecule has 0 bridgehead atoms. The summed E-state index contributed by atoms with van der Waals surface area (Å²) in [4.78, 5) is 23.5. The van der Waals surface area contributed by atoms with Crippen molar-refractivity contribution < 1.29 is 27.0 Å². The number of carboxylic acids is 1. The van der Waals surface area contributed by atoms with Crippen LogP contribution in [0.4, 0.5) is 3.89 Å². The number of halogens is 1. The molecule has 1 unspecified atom stereocenters. The van der Waals surface area contributed by atoms with Crippen LogP contribution in [0.2, 0.25) is 0 Å². The van der Waals surface area contributed by atoms with Crippen molar-refractivity contribution in [2.75, 3.05) is 12.3 Å². The molecule has 0 aromatic heterocycles. The van der Waals surface area contributed by atoms with E-state index in [1.807, 2.05) is 0 Å². The van der Waals surface area contributed by atoms with E-state index in [1.165, 1.54) is 0 Å². The van der Waals surface area contributed by atoms with Gasteiger partial charge in [0.25, 0.3) is 0 Å². The van der Waals surface area contributed by atoms with E-state index >= 15 is 0 Å². The maximum Gasteiger partial charge on any atom is 0.326 e. The van der Waals surface area contributed by atoms with Gasteiger partial charge in [0.15, 0.2) is 0 Å². The monoisotopic (exact) mass is 267 g/mol. The first-order chi connectivity index (χ1) is 7.74. The maximum atomic E-state index is 12.5. The first kappa shape index (κ1) is 13.9. The highest BCUT2D eigenvalue weighted by molar-refractivity contribution is 7.86. The first-order valence-corrected chi connectivity index (χ1v) is 6.74. The van der Waals surface area contributed by atoms with Crippen LogP contribution in [-0.2, 0) is 19.8 Å². The van der Waals surface area contributed by atoms with Crippen LogP contribution in [0.1, 0.15) is 19.8 Å². The van der Waals surface area contributed by atoms with E-state index in [9.17, 15) is 21.9 Å². The van der Waals surface area contributed by atoms with Crippen molar-refractivity contribution in [1.29, 1.82) is 0 Å². The zero-order chi connectivity index (χ0) is 13.2. The quantitative estimate of drug-likeness (QED) is 0.708. The fraction of sp³-hybridized carbons (Fsp3) is 0.778. The van der Waals surface area contributed by atoms with Crippen LogP contribution in [0.3, 0.4) is 0 Å². The molecule has 1 saturated heterocycles. The third-order valence-electron chi connectivity index (χ3n) is 2.72. The molecule has 1 aliphatic rings. The summed E-state index contributed by atoms with van der Waals surface area (Å²) in [5, 5.41) is 8.88. The fourth-order valence-corrected chi connectivity index (χ4v) is 2.82. The molecular formula is C9H14FNO5S. The van der Waals surface area contributed by atoms with Gasteiger partial charge in [0.1, 0.15) is 6.04 Å². The number of hydrogen-bond donors (Lipinski definition) is 1. The third kappa shape index (κ3) is 3.65. The Labute approximate surface area is 98.6 Å². The summed E-state index contributed by atoms with van der Waals surface area (Å²) in [6.45, 7) is 1.60. The molecule has 0 aromatic rings. The Kier molecular flexibility index (Phi) is 4.07. The third-order valence-corrected chi connectivity index (χ3v) is 3.59. The summed E-state index contributed by atoms with van der Waals surface area (Å²) in [5.41, 5.74) is 0. The second kappa shape index (κ2) is 4.99. The molecule has 98 valence electrons. The van der Waals surface area contributed by atoms with Gasteiger partial charge in [-0.05, 0) is 6.42 Å². The molecule has 0 spiro atoms. The van der Waals surface area contributed by atoms with Gasteiger partial charge >= 0.3 is 16.2 Å². The average molecular weight is 267 g/mol. The van der Waals surface area contributed by atoms with Crippen molar-refractivity contribution in [1.82, 2.24) is 4.90 Å². The van der Waals surface area contributed by atoms with Gasteiger partial charge < -0.3 is 10.0 Å². The number of rotatable bonds is 5. The minimum Gasteiger partial charge on any atom is -0.480 e. The summed E-state index contributed by atoms with van der Waals surface area (Å²) in [7, 11) is -4.63. The normalized spacial score (nSPS) is 22.8. The molecule has 2 atom stereocenters. The summed E-state index contributed by atoms with van der Waals surface area (Å²) in [5.74, 6) is -2.96. The van der Waals surface area contributed by atoms with Gasteiger partial charge in [-0.25, -0.2) is 4.79 Å². The van der Waals surface area contributed by atoms with Gasteiger partial charge in [-0.3, -0.25) is 4.79 Å². The van der Waals surface area contributed by atoms with Crippen molar-refractivity contribution in [2.45, 2.75) is 25.8 Å². The van der Waals surface area contributed by atoms with Crippen molar-refractivity contribution in [3.05, 3.63) is 0 Å². The van der Waals surface area contributed by atoms with Crippen LogP contribution in [0.25, 0.3) is 0 Å². The summed E-state index contributed by atoms with van der Waals surface area (Å²) in [6.07, 6.45) is 0.114. The Morgan fingerprint density at radius 1 is 1.65 bits per heavy atom. The van der Waals surface area contributed by atoms with E-state index in [1.54, 1.807) is 6.92 Å². The van der Waals surface area contributed by atoms with Crippen LogP contribution < -0.4 is 0 Å². The number of likely N-dealkylation sites (tertiary alicyclic amines) is 1. The van der Waals surface area contributed by atoms with Crippen LogP contribution in [-0.4, -0.2) is 48.6 Å². The summed E-state index contributed by atoms with van der Waals surface area (Å²) >= 11 is 0. The second-order valence-corrected chi connectivity index (χ2v) is 5.50. The molecule has 1 rings (SSSR count). The molecule has 0 saturated carbocycles. The summed E-state index contributed by atoms with van der Waals surface area (Å²) < 4.78 is 33.4. The molecule has 6 nitrogen and oxygen atoms in total. The lowest BCUT2D eigenvalue weighted by Gasteiger charge is -2.23. The minimum atomic E-state index is -4.63. The highest BCUT2D eigenvalue weighted by Gasteiger charge is 2.38. The predicted molar refractivity (Wildman–Crippen MR) is 56.4 cm³/mol. The first-order valence-electron chi connectivity index (χ1n) is 5.19. The topological polar surface area (TPSA) is 91.8 Å². The van der Waals surface area contributed by atoms with E-state index in [-0.39, 0.29) is 19.4 Å². The van der Waals surface area contributed by atoms with Gasteiger partial charge in [-0.15, -0.1) is 3.89 Å². The van der Waals surface area contributed by atoms with Crippen molar-refractivity contribution in [2.24, 2.45) is 5.92 Å². The van der Waals surface area contributed by atoms with E-state index in [2.05, 4.69) is 0 Å². The highest BCUT2D eigenvalue weighted by Crippen LogP contribution is 2.23. The Hall–Kier alpha value is -1.18. The number of hydrogen-bond acceptors (Lipinski definition) is 4. The molecule has 1 amide bonds. The molecule has 1 heterocycles. The predicted octanol–water partition coefficient (Wildman–Crippen LogP) is -0.00260. The van der Waals surface area contributed by atoms with Crippen molar-refractivity contribution in [3.63, 3.8) is 0 Å². The standard InChI is InChI=1S/C9H14FNO5S/c1-2-7(9(13)14)11-4-6(3-8(11)12)5-17(10,15)16/h6-7H,2-5H2,1H3,(H,13,14)/t6?,7-/m0/s1. The van der Waals surface area contributed by atoms with Crippen LogP contribution in [0.15, 0.2) is 0 Å². The Bertz CT molecular complexity index is 421. The molecule has 0 aliphatic carbocycles. The molecule has 1 fully saturated rings. The highest BCUT2D eigenvalue weighted by atomic mass is 32.3. The zero-order valence-corrected chi connectivity index (χ0v) is 10.1. The molecule has 8 heteroatoms. The van der Waals surface area contributed by atoms with Crippen LogP contribution >= 0.6 is 0 Å². The average Bonchev–Trinajstić information content (AvgIpc) is 2.44. The second-order valence-electron chi connectivity index (χ2n) is 4.08. The van der Waals surface area contributed by atoms with E-state index < -0.39 is 39.8 Å². The molecule has 1 N–H and O–H groups in total. The zero-order valence-electron chi connectivity index (χ0n) is 9.30. The lowest BCUT2D eigenvalue weighted by molar-refractivity contribution is -0.148. The molecule has 1 aliphatic heterocycles. The van der Waals surface area contributed by atoms with Gasteiger partial charge in [0, 0.05) is 18.9 Å². The molecular weight excluding hydrogens is 253 g/mol. The van der Waals surface area contributed by atoms with Crippen LogP contribution in [0, 0.1) is 5.92 Å². The van der Waals surface area contributed by atoms with Gasteiger partial charge in [-0.2, -0.15) is 8.42 Å².